The van der Waals surface area contributed by atoms with Gasteiger partial charge in [-0.15, -0.1) is 0 Å². The van der Waals surface area contributed by atoms with Crippen molar-refractivity contribution in [3.8, 4) is 0 Å². The van der Waals surface area contributed by atoms with E-state index in [0.717, 1.165) is 16.5 Å². The van der Waals surface area contributed by atoms with Crippen LogP contribution >= 0.6 is 23.2 Å². The van der Waals surface area contributed by atoms with E-state index >= 15 is 0 Å². The van der Waals surface area contributed by atoms with Crippen molar-refractivity contribution in [2.75, 3.05) is 18.0 Å². The molecule has 0 aliphatic heterocycles. The summed E-state index contributed by atoms with van der Waals surface area (Å²) < 4.78 is 0. The van der Waals surface area contributed by atoms with E-state index in [-0.39, 0.29) is 18.4 Å². The van der Waals surface area contributed by atoms with Gasteiger partial charge in [0.1, 0.15) is 0 Å². The van der Waals surface area contributed by atoms with Crippen LogP contribution in [0.25, 0.3) is 10.8 Å². The molecule has 0 atom stereocenters. The summed E-state index contributed by atoms with van der Waals surface area (Å²) in [6, 6.07) is 27.2. The summed E-state index contributed by atoms with van der Waals surface area (Å²) in [6.45, 7) is 0.582. The van der Waals surface area contributed by atoms with Crippen molar-refractivity contribution >= 4 is 51.5 Å². The molecule has 0 fully saturated rings. The van der Waals surface area contributed by atoms with Gasteiger partial charge in [-0.3, -0.25) is 9.59 Å². The Kier molecular flexibility index (Phi) is 6.74. The van der Waals surface area contributed by atoms with Crippen molar-refractivity contribution in [3.63, 3.8) is 0 Å². The summed E-state index contributed by atoms with van der Waals surface area (Å²) in [4.78, 5) is 27.6. The van der Waals surface area contributed by atoms with Crippen molar-refractivity contribution in [3.05, 3.63) is 112 Å². The zero-order valence-corrected chi connectivity index (χ0v) is 18.6. The molecular formula is C26H20Cl2N2O2. The molecule has 1 N–H and O–H groups in total. The number of carbonyl (C=O) groups excluding carboxylic acids is 2. The van der Waals surface area contributed by atoms with Crippen molar-refractivity contribution in [1.82, 2.24) is 5.32 Å². The van der Waals surface area contributed by atoms with Crippen LogP contribution in [0.3, 0.4) is 0 Å². The summed E-state index contributed by atoms with van der Waals surface area (Å²) in [5.74, 6) is -0.391. The Morgan fingerprint density at radius 1 is 0.719 bits per heavy atom. The highest BCUT2D eigenvalue weighted by molar-refractivity contribution is 6.31. The minimum atomic E-state index is -0.224. The van der Waals surface area contributed by atoms with Crippen molar-refractivity contribution < 1.29 is 9.59 Å². The first kappa shape index (κ1) is 21.9. The molecule has 6 heteroatoms. The largest absolute Gasteiger partial charge is 0.350 e. The second-order valence-corrected chi connectivity index (χ2v) is 8.10. The lowest BCUT2D eigenvalue weighted by Crippen LogP contribution is -2.38. The van der Waals surface area contributed by atoms with E-state index in [9.17, 15) is 9.59 Å². The summed E-state index contributed by atoms with van der Waals surface area (Å²) in [7, 11) is 0. The fourth-order valence-electron chi connectivity index (χ4n) is 3.51. The van der Waals surface area contributed by atoms with Gasteiger partial charge in [-0.05, 0) is 60.0 Å². The standard InChI is InChI=1S/C26H20Cl2N2O2/c27-21-12-8-19(9-13-21)25(31)29-16-17-30(26(32)20-10-14-22(28)15-11-20)24-7-3-5-18-4-1-2-6-23(18)24/h1-15H,16-17H2,(H,29,31). The lowest BCUT2D eigenvalue weighted by Gasteiger charge is -2.25. The molecule has 0 unspecified atom stereocenters. The highest BCUT2D eigenvalue weighted by Gasteiger charge is 2.20. The number of hydrogen-bond donors (Lipinski definition) is 1. The second kappa shape index (κ2) is 9.86. The molecule has 4 nitrogen and oxygen atoms in total. The predicted molar refractivity (Wildman–Crippen MR) is 131 cm³/mol. The summed E-state index contributed by atoms with van der Waals surface area (Å²) >= 11 is 11.9. The molecule has 4 rings (SSSR count). The van der Waals surface area contributed by atoms with E-state index in [1.807, 2.05) is 42.5 Å². The van der Waals surface area contributed by atoms with Crippen LogP contribution in [0.5, 0.6) is 0 Å². The molecule has 0 saturated carbocycles. The fourth-order valence-corrected chi connectivity index (χ4v) is 3.76. The van der Waals surface area contributed by atoms with Crippen molar-refractivity contribution in [1.29, 1.82) is 0 Å². The van der Waals surface area contributed by atoms with E-state index in [2.05, 4.69) is 5.32 Å². The second-order valence-electron chi connectivity index (χ2n) is 7.22. The van der Waals surface area contributed by atoms with Gasteiger partial charge in [0.05, 0.1) is 5.69 Å². The maximum absolute atomic E-state index is 13.4. The van der Waals surface area contributed by atoms with Crippen LogP contribution in [0.4, 0.5) is 5.69 Å². The predicted octanol–water partition coefficient (Wildman–Crippen LogP) is 6.22. The van der Waals surface area contributed by atoms with Gasteiger partial charge < -0.3 is 10.2 Å². The molecule has 0 aliphatic rings. The Labute approximate surface area is 196 Å². The monoisotopic (exact) mass is 462 g/mol. The van der Waals surface area contributed by atoms with Crippen LogP contribution < -0.4 is 10.2 Å². The number of anilines is 1. The van der Waals surface area contributed by atoms with Gasteiger partial charge in [0.2, 0.25) is 0 Å². The number of fused-ring (bicyclic) bond motifs is 1. The molecule has 32 heavy (non-hydrogen) atoms. The smallest absolute Gasteiger partial charge is 0.258 e. The SMILES string of the molecule is O=C(NCCN(C(=O)c1ccc(Cl)cc1)c1cccc2ccccc12)c1ccc(Cl)cc1. The quantitative estimate of drug-likeness (QED) is 0.369. The van der Waals surface area contributed by atoms with Gasteiger partial charge in [0.15, 0.2) is 0 Å². The summed E-state index contributed by atoms with van der Waals surface area (Å²) in [5.41, 5.74) is 1.81. The lowest BCUT2D eigenvalue weighted by molar-refractivity contribution is 0.0943. The Balaban J connectivity index is 1.60. The van der Waals surface area contributed by atoms with Crippen LogP contribution in [0, 0.1) is 0 Å². The Hall–Kier alpha value is -3.34. The minimum Gasteiger partial charge on any atom is -0.350 e. The van der Waals surface area contributed by atoms with E-state index in [1.54, 1.807) is 53.4 Å². The van der Waals surface area contributed by atoms with Crippen molar-refractivity contribution in [2.24, 2.45) is 0 Å². The first-order chi connectivity index (χ1) is 15.5. The molecule has 0 saturated heterocycles. The van der Waals surface area contributed by atoms with Gasteiger partial charge in [-0.1, -0.05) is 59.6 Å². The van der Waals surface area contributed by atoms with Gasteiger partial charge in [-0.2, -0.15) is 0 Å². The average Bonchev–Trinajstić information content (AvgIpc) is 2.82. The third-order valence-corrected chi connectivity index (χ3v) is 5.63. The number of rotatable bonds is 6. The van der Waals surface area contributed by atoms with Gasteiger partial charge in [0, 0.05) is 39.6 Å². The molecular weight excluding hydrogens is 443 g/mol. The van der Waals surface area contributed by atoms with Crippen LogP contribution in [0.1, 0.15) is 20.7 Å². The molecule has 0 aliphatic carbocycles. The zero-order chi connectivity index (χ0) is 22.5. The van der Waals surface area contributed by atoms with E-state index in [1.165, 1.54) is 0 Å². The summed E-state index contributed by atoms with van der Waals surface area (Å²) in [5, 5.41) is 6.01. The highest BCUT2D eigenvalue weighted by Crippen LogP contribution is 2.28. The molecule has 0 heterocycles. The number of benzene rings is 4. The number of hydrogen-bond acceptors (Lipinski definition) is 2. The van der Waals surface area contributed by atoms with Crippen molar-refractivity contribution in [2.45, 2.75) is 0 Å². The molecule has 2 amide bonds. The fraction of sp³-hybridized carbons (Fsp3) is 0.0769. The molecule has 160 valence electrons. The summed E-state index contributed by atoms with van der Waals surface area (Å²) in [6.07, 6.45) is 0. The Morgan fingerprint density at radius 3 is 2.00 bits per heavy atom. The zero-order valence-electron chi connectivity index (χ0n) is 17.1. The topological polar surface area (TPSA) is 49.4 Å². The molecule has 0 aromatic heterocycles. The Morgan fingerprint density at radius 2 is 1.31 bits per heavy atom. The number of nitrogens with one attached hydrogen (secondary N) is 1. The van der Waals surface area contributed by atoms with E-state index in [4.69, 9.17) is 23.2 Å². The molecule has 0 spiro atoms. The molecule has 4 aromatic rings. The van der Waals surface area contributed by atoms with Crippen LogP contribution in [0.2, 0.25) is 10.0 Å². The number of amides is 2. The number of carbonyl (C=O) groups is 2. The molecule has 4 aromatic carbocycles. The Bertz CT molecular complexity index is 1250. The number of nitrogens with zero attached hydrogens (tertiary/aromatic N) is 1. The normalized spacial score (nSPS) is 10.7. The molecule has 0 bridgehead atoms. The van der Waals surface area contributed by atoms with Crippen LogP contribution in [-0.4, -0.2) is 24.9 Å². The number of halogens is 2. The average molecular weight is 463 g/mol. The highest BCUT2D eigenvalue weighted by atomic mass is 35.5. The first-order valence-corrected chi connectivity index (χ1v) is 10.9. The minimum absolute atomic E-state index is 0.168. The third kappa shape index (κ3) is 4.93. The molecule has 0 radical (unpaired) electrons. The maximum Gasteiger partial charge on any atom is 0.258 e. The van der Waals surface area contributed by atoms with Gasteiger partial charge >= 0.3 is 0 Å². The first-order valence-electron chi connectivity index (χ1n) is 10.1. The lowest BCUT2D eigenvalue weighted by atomic mass is 10.1. The van der Waals surface area contributed by atoms with Gasteiger partial charge in [-0.25, -0.2) is 0 Å². The van der Waals surface area contributed by atoms with E-state index < -0.39 is 0 Å². The van der Waals surface area contributed by atoms with Gasteiger partial charge in [0.25, 0.3) is 11.8 Å². The van der Waals surface area contributed by atoms with Crippen LogP contribution in [0.15, 0.2) is 91.0 Å². The van der Waals surface area contributed by atoms with Crippen LogP contribution in [-0.2, 0) is 0 Å². The van der Waals surface area contributed by atoms with E-state index in [0.29, 0.717) is 27.7 Å². The maximum atomic E-state index is 13.4. The third-order valence-electron chi connectivity index (χ3n) is 5.12.